The van der Waals surface area contributed by atoms with Gasteiger partial charge in [-0.25, -0.2) is 9.67 Å². The van der Waals surface area contributed by atoms with Gasteiger partial charge in [0.25, 0.3) is 5.91 Å². The van der Waals surface area contributed by atoms with Gasteiger partial charge in [0.05, 0.1) is 34.3 Å². The average molecular weight is 371 g/mol. The zero-order valence-electron chi connectivity index (χ0n) is 13.9. The predicted molar refractivity (Wildman–Crippen MR) is 103 cm³/mol. The van der Waals surface area contributed by atoms with E-state index >= 15 is 0 Å². The molecule has 0 aliphatic carbocycles. The molecule has 128 valence electrons. The van der Waals surface area contributed by atoms with E-state index in [1.807, 2.05) is 28.3 Å². The van der Waals surface area contributed by atoms with Gasteiger partial charge in [-0.2, -0.15) is 5.10 Å². The van der Waals surface area contributed by atoms with Crippen LogP contribution < -0.4 is 5.32 Å². The molecule has 0 bridgehead atoms. The van der Waals surface area contributed by atoms with Crippen LogP contribution in [0.15, 0.2) is 34.8 Å². The highest BCUT2D eigenvalue weighted by Crippen LogP contribution is 2.29. The zero-order valence-corrected chi connectivity index (χ0v) is 15.5. The minimum absolute atomic E-state index is 0.161. The average Bonchev–Trinajstić information content (AvgIpc) is 3.34. The summed E-state index contributed by atoms with van der Waals surface area (Å²) >= 11 is 3.17. The Morgan fingerprint density at radius 1 is 1.40 bits per heavy atom. The molecule has 4 rings (SSSR count). The fourth-order valence-electron chi connectivity index (χ4n) is 2.71. The Morgan fingerprint density at radius 2 is 2.28 bits per heavy atom. The molecule has 8 heteroatoms. The van der Waals surface area contributed by atoms with Crippen molar-refractivity contribution < 1.29 is 4.79 Å². The summed E-state index contributed by atoms with van der Waals surface area (Å²) in [7, 11) is 0. The SMILES string of the molecule is CC(C)n1ncc2c(C(=O)NC3=NCCS3)cc(-c3cccs3)nc21. The van der Waals surface area contributed by atoms with E-state index in [1.54, 1.807) is 29.3 Å². The summed E-state index contributed by atoms with van der Waals surface area (Å²) in [5.74, 6) is 0.745. The monoisotopic (exact) mass is 371 g/mol. The summed E-state index contributed by atoms with van der Waals surface area (Å²) in [4.78, 5) is 22.9. The van der Waals surface area contributed by atoms with E-state index in [2.05, 4.69) is 29.3 Å². The number of fused-ring (bicyclic) bond motifs is 1. The van der Waals surface area contributed by atoms with Crippen LogP contribution in [-0.2, 0) is 0 Å². The molecule has 1 aliphatic rings. The topological polar surface area (TPSA) is 72.2 Å². The van der Waals surface area contributed by atoms with E-state index in [4.69, 9.17) is 4.98 Å². The largest absolute Gasteiger partial charge is 0.301 e. The van der Waals surface area contributed by atoms with Crippen molar-refractivity contribution in [2.24, 2.45) is 4.99 Å². The highest BCUT2D eigenvalue weighted by Gasteiger charge is 2.20. The number of hydrogen-bond donors (Lipinski definition) is 1. The first-order chi connectivity index (χ1) is 12.1. The van der Waals surface area contributed by atoms with Crippen molar-refractivity contribution >= 4 is 45.2 Å². The number of carbonyl (C=O) groups excluding carboxylic acids is 1. The molecular formula is C17H17N5OS2. The maximum atomic E-state index is 12.8. The number of carbonyl (C=O) groups is 1. The molecule has 0 unspecified atom stereocenters. The number of aliphatic imine (C=N–C) groups is 1. The van der Waals surface area contributed by atoms with Crippen molar-refractivity contribution in [2.75, 3.05) is 12.3 Å². The molecule has 0 spiro atoms. The number of aromatic nitrogens is 3. The molecule has 0 atom stereocenters. The standard InChI is InChI=1S/C17H17N5OS2/c1-10(2)22-15-12(9-19-22)11(16(23)21-17-18-5-7-25-17)8-13(20-15)14-4-3-6-24-14/h3-4,6,8-10H,5,7H2,1-2H3,(H,18,21,23). The predicted octanol–water partition coefficient (Wildman–Crippen LogP) is 3.57. The molecule has 0 aromatic carbocycles. The third-order valence-electron chi connectivity index (χ3n) is 3.88. The molecule has 0 saturated carbocycles. The smallest absolute Gasteiger partial charge is 0.258 e. The summed E-state index contributed by atoms with van der Waals surface area (Å²) in [5.41, 5.74) is 2.10. The maximum Gasteiger partial charge on any atom is 0.258 e. The lowest BCUT2D eigenvalue weighted by Gasteiger charge is -2.10. The number of amidine groups is 1. The van der Waals surface area contributed by atoms with Crippen LogP contribution in [0.4, 0.5) is 0 Å². The Morgan fingerprint density at radius 3 is 2.96 bits per heavy atom. The highest BCUT2D eigenvalue weighted by molar-refractivity contribution is 8.14. The zero-order chi connectivity index (χ0) is 17.4. The molecular weight excluding hydrogens is 354 g/mol. The van der Waals surface area contributed by atoms with Crippen LogP contribution in [0.3, 0.4) is 0 Å². The number of nitrogens with one attached hydrogen (secondary N) is 1. The molecule has 0 radical (unpaired) electrons. The van der Waals surface area contributed by atoms with E-state index in [9.17, 15) is 4.79 Å². The normalized spacial score (nSPS) is 14.3. The Hall–Kier alpha value is -2.19. The number of thiophene rings is 1. The first-order valence-corrected chi connectivity index (χ1v) is 9.91. The van der Waals surface area contributed by atoms with Crippen LogP contribution in [0.25, 0.3) is 21.6 Å². The van der Waals surface area contributed by atoms with Gasteiger partial charge >= 0.3 is 0 Å². The van der Waals surface area contributed by atoms with E-state index in [-0.39, 0.29) is 11.9 Å². The van der Waals surface area contributed by atoms with Crippen LogP contribution in [0, 0.1) is 0 Å². The molecule has 3 aromatic heterocycles. The van der Waals surface area contributed by atoms with Gasteiger partial charge in [-0.05, 0) is 31.4 Å². The van der Waals surface area contributed by atoms with E-state index < -0.39 is 0 Å². The molecule has 25 heavy (non-hydrogen) atoms. The van der Waals surface area contributed by atoms with Gasteiger partial charge in [-0.1, -0.05) is 17.8 Å². The highest BCUT2D eigenvalue weighted by atomic mass is 32.2. The Labute approximate surface area is 153 Å². The molecule has 0 fully saturated rings. The number of amides is 1. The molecule has 1 amide bonds. The van der Waals surface area contributed by atoms with Crippen LogP contribution in [0.1, 0.15) is 30.2 Å². The minimum atomic E-state index is -0.165. The van der Waals surface area contributed by atoms with Crippen LogP contribution in [0.2, 0.25) is 0 Å². The van der Waals surface area contributed by atoms with E-state index in [0.29, 0.717) is 10.7 Å². The Balaban J connectivity index is 1.85. The van der Waals surface area contributed by atoms with Gasteiger partial charge in [0.1, 0.15) is 0 Å². The second-order valence-corrected chi connectivity index (χ2v) is 7.97. The van der Waals surface area contributed by atoms with E-state index in [1.165, 1.54) is 0 Å². The minimum Gasteiger partial charge on any atom is -0.301 e. The fraction of sp³-hybridized carbons (Fsp3) is 0.294. The number of pyridine rings is 1. The molecule has 6 nitrogen and oxygen atoms in total. The van der Waals surface area contributed by atoms with Crippen molar-refractivity contribution in [1.29, 1.82) is 0 Å². The van der Waals surface area contributed by atoms with Crippen molar-refractivity contribution in [3.63, 3.8) is 0 Å². The van der Waals surface area contributed by atoms with Gasteiger partial charge in [0, 0.05) is 11.8 Å². The lowest BCUT2D eigenvalue weighted by molar-refractivity contribution is 0.0979. The molecule has 4 heterocycles. The van der Waals surface area contributed by atoms with Crippen LogP contribution in [0.5, 0.6) is 0 Å². The van der Waals surface area contributed by atoms with Gasteiger partial charge in [0.2, 0.25) is 0 Å². The molecule has 0 saturated heterocycles. The molecule has 1 aliphatic heterocycles. The van der Waals surface area contributed by atoms with Gasteiger partial charge in [0.15, 0.2) is 10.8 Å². The Kier molecular flexibility index (Phi) is 4.30. The van der Waals surface area contributed by atoms with Gasteiger partial charge in [-0.3, -0.25) is 9.79 Å². The quantitative estimate of drug-likeness (QED) is 0.764. The number of thioether (sulfide) groups is 1. The van der Waals surface area contributed by atoms with Crippen molar-refractivity contribution in [1.82, 2.24) is 20.1 Å². The summed E-state index contributed by atoms with van der Waals surface area (Å²) < 4.78 is 1.85. The Bertz CT molecular complexity index is 959. The fourth-order valence-corrected chi connectivity index (χ4v) is 4.12. The summed E-state index contributed by atoms with van der Waals surface area (Å²) in [6, 6.07) is 5.99. The number of nitrogens with zero attached hydrogens (tertiary/aromatic N) is 4. The first kappa shape index (κ1) is 16.3. The number of hydrogen-bond acceptors (Lipinski definition) is 6. The van der Waals surface area contributed by atoms with Gasteiger partial charge < -0.3 is 5.32 Å². The third-order valence-corrected chi connectivity index (χ3v) is 5.66. The van der Waals surface area contributed by atoms with E-state index in [0.717, 1.165) is 33.9 Å². The first-order valence-electron chi connectivity index (χ1n) is 8.04. The lowest BCUT2D eigenvalue weighted by atomic mass is 10.1. The number of rotatable bonds is 3. The summed E-state index contributed by atoms with van der Waals surface area (Å²) in [6.07, 6.45) is 1.72. The maximum absolute atomic E-state index is 12.8. The van der Waals surface area contributed by atoms with Crippen LogP contribution in [-0.4, -0.2) is 38.1 Å². The second kappa shape index (κ2) is 6.61. The van der Waals surface area contributed by atoms with Crippen molar-refractivity contribution in [3.8, 4) is 10.6 Å². The third kappa shape index (κ3) is 3.07. The summed E-state index contributed by atoms with van der Waals surface area (Å²) in [6.45, 7) is 4.85. The van der Waals surface area contributed by atoms with Gasteiger partial charge in [-0.15, -0.1) is 11.3 Å². The molecule has 1 N–H and O–H groups in total. The summed E-state index contributed by atoms with van der Waals surface area (Å²) in [5, 5.41) is 10.8. The van der Waals surface area contributed by atoms with Crippen molar-refractivity contribution in [3.05, 3.63) is 35.3 Å². The molecule has 3 aromatic rings. The van der Waals surface area contributed by atoms with Crippen molar-refractivity contribution in [2.45, 2.75) is 19.9 Å². The van der Waals surface area contributed by atoms with Crippen LogP contribution >= 0.6 is 23.1 Å². The lowest BCUT2D eigenvalue weighted by Crippen LogP contribution is -2.27. The second-order valence-electron chi connectivity index (χ2n) is 5.94.